The number of amides is 1. The normalized spacial score (nSPS) is 17.9. The van der Waals surface area contributed by atoms with Crippen molar-refractivity contribution in [3.63, 3.8) is 0 Å². The van der Waals surface area contributed by atoms with E-state index in [1.165, 1.54) is 18.4 Å². The van der Waals surface area contributed by atoms with Crippen LogP contribution in [0.1, 0.15) is 5.56 Å². The molecule has 1 saturated heterocycles. The Morgan fingerprint density at radius 2 is 1.91 bits per heavy atom. The number of ketones is 1. The molecule has 8 nitrogen and oxygen atoms in total. The van der Waals surface area contributed by atoms with Crippen molar-refractivity contribution in [1.29, 1.82) is 0 Å². The molecule has 1 atom stereocenters. The first-order valence-corrected chi connectivity index (χ1v) is 12.2. The number of ether oxygens (including phenoxy) is 3. The molecule has 1 aromatic carbocycles. The number of thiophene rings is 1. The van der Waals surface area contributed by atoms with Crippen LogP contribution in [0.25, 0.3) is 11.1 Å². The fraction of sp³-hybridized carbons (Fsp3) is 0.320. The number of carbonyl (C=O) groups is 2. The van der Waals surface area contributed by atoms with Gasteiger partial charge in [-0.25, -0.2) is 4.98 Å². The van der Waals surface area contributed by atoms with Crippen LogP contribution in [0.3, 0.4) is 0 Å². The Morgan fingerprint density at radius 3 is 2.54 bits per heavy atom. The number of pyridine rings is 1. The molecule has 4 rings (SSSR count). The van der Waals surface area contributed by atoms with Crippen LogP contribution in [0, 0.1) is 0 Å². The van der Waals surface area contributed by atoms with E-state index in [-0.39, 0.29) is 24.9 Å². The largest absolute Gasteiger partial charge is 0.481 e. The zero-order chi connectivity index (χ0) is 24.8. The summed E-state index contributed by atoms with van der Waals surface area (Å²) in [4.78, 5) is 32.6. The van der Waals surface area contributed by atoms with Crippen molar-refractivity contribution in [3.8, 4) is 22.1 Å². The summed E-state index contributed by atoms with van der Waals surface area (Å²) in [5.41, 5.74) is 1.43. The monoisotopic (exact) mass is 515 g/mol. The fourth-order valence-corrected chi connectivity index (χ4v) is 4.83. The van der Waals surface area contributed by atoms with Crippen LogP contribution in [-0.4, -0.2) is 67.6 Å². The molecule has 0 aliphatic carbocycles. The lowest BCUT2D eigenvalue weighted by Crippen LogP contribution is -2.70. The minimum atomic E-state index is -1.50. The van der Waals surface area contributed by atoms with Gasteiger partial charge in [-0.2, -0.15) is 0 Å². The number of carbonyl (C=O) groups excluding carboxylic acids is 2. The lowest BCUT2D eigenvalue weighted by molar-refractivity contribution is -0.152. The third-order valence-electron chi connectivity index (χ3n) is 5.80. The number of piperazine rings is 1. The maximum Gasteiger partial charge on any atom is 0.253 e. The van der Waals surface area contributed by atoms with E-state index >= 15 is 0 Å². The number of rotatable bonds is 10. The van der Waals surface area contributed by atoms with E-state index in [1.807, 2.05) is 36.4 Å². The molecule has 3 heterocycles. The van der Waals surface area contributed by atoms with E-state index in [2.05, 4.69) is 10.3 Å². The lowest BCUT2D eigenvalue weighted by atomic mass is 9.90. The predicted octanol–water partition coefficient (Wildman–Crippen LogP) is 3.44. The van der Waals surface area contributed by atoms with Crippen LogP contribution in [-0.2, 0) is 20.9 Å². The molecule has 1 aliphatic rings. The third kappa shape index (κ3) is 5.65. The Bertz CT molecular complexity index is 1160. The van der Waals surface area contributed by atoms with Gasteiger partial charge >= 0.3 is 0 Å². The maximum absolute atomic E-state index is 13.5. The first kappa shape index (κ1) is 25.1. The van der Waals surface area contributed by atoms with Crippen LogP contribution in [0.2, 0.25) is 4.34 Å². The number of halogens is 1. The van der Waals surface area contributed by atoms with E-state index in [4.69, 9.17) is 25.8 Å². The van der Waals surface area contributed by atoms with E-state index < -0.39 is 5.54 Å². The molecular weight excluding hydrogens is 490 g/mol. The zero-order valence-corrected chi connectivity index (χ0v) is 21.0. The van der Waals surface area contributed by atoms with Gasteiger partial charge in [0.1, 0.15) is 0 Å². The number of aromatic nitrogens is 1. The maximum atomic E-state index is 13.5. The zero-order valence-electron chi connectivity index (χ0n) is 19.5. The molecule has 0 unspecified atom stereocenters. The number of methoxy groups -OCH3 is 2. The van der Waals surface area contributed by atoms with Gasteiger partial charge in [-0.05, 0) is 29.3 Å². The van der Waals surface area contributed by atoms with Crippen LogP contribution >= 0.6 is 22.9 Å². The van der Waals surface area contributed by atoms with E-state index in [9.17, 15) is 9.59 Å². The van der Waals surface area contributed by atoms with Gasteiger partial charge in [0, 0.05) is 44.6 Å². The van der Waals surface area contributed by atoms with Crippen molar-refractivity contribution in [3.05, 3.63) is 64.6 Å². The average molecular weight is 516 g/mol. The van der Waals surface area contributed by atoms with E-state index in [0.29, 0.717) is 34.9 Å². The topological polar surface area (TPSA) is 90.0 Å². The van der Waals surface area contributed by atoms with Crippen molar-refractivity contribution in [2.45, 2.75) is 12.1 Å². The fourth-order valence-electron chi connectivity index (χ4n) is 3.96. The summed E-state index contributed by atoms with van der Waals surface area (Å²) in [5.74, 6) is -0.158. The highest BCUT2D eigenvalue weighted by Gasteiger charge is 2.50. The summed E-state index contributed by atoms with van der Waals surface area (Å²) in [5, 5.41) is 3.61. The third-order valence-corrected chi connectivity index (χ3v) is 6.94. The molecule has 1 amide bonds. The van der Waals surface area contributed by atoms with Crippen LogP contribution in [0.5, 0.6) is 10.9 Å². The molecule has 1 fully saturated rings. The number of hydrogen-bond acceptors (Lipinski definition) is 8. The molecule has 184 valence electrons. The number of hydrogen-bond donors (Lipinski definition) is 1. The highest BCUT2D eigenvalue weighted by molar-refractivity contribution is 7.17. The molecule has 3 aromatic rings. The second kappa shape index (κ2) is 11.2. The minimum Gasteiger partial charge on any atom is -0.481 e. The SMILES string of the molecule is COC[C@@]1(C(=O)COc2ccc(Cl)s2)NCCN(Cc2ccc(-c3ccc(OC)nc3)cc2)C1=O. The Labute approximate surface area is 212 Å². The molecule has 1 N–H and O–H groups in total. The first-order chi connectivity index (χ1) is 16.9. The first-order valence-electron chi connectivity index (χ1n) is 11.0. The average Bonchev–Trinajstić information content (AvgIpc) is 3.30. The van der Waals surface area contributed by atoms with Gasteiger partial charge in [0.2, 0.25) is 11.7 Å². The molecule has 10 heteroatoms. The predicted molar refractivity (Wildman–Crippen MR) is 134 cm³/mol. The molecule has 35 heavy (non-hydrogen) atoms. The van der Waals surface area contributed by atoms with Crippen molar-refractivity contribution >= 4 is 34.6 Å². The Balaban J connectivity index is 1.45. The van der Waals surface area contributed by atoms with Gasteiger partial charge in [0.05, 0.1) is 18.1 Å². The van der Waals surface area contributed by atoms with Crippen LogP contribution < -0.4 is 14.8 Å². The Kier molecular flexibility index (Phi) is 8.02. The van der Waals surface area contributed by atoms with Gasteiger partial charge in [0.25, 0.3) is 5.91 Å². The Hall–Kier alpha value is -2.98. The molecule has 2 aromatic heterocycles. The summed E-state index contributed by atoms with van der Waals surface area (Å²) < 4.78 is 16.6. The smallest absolute Gasteiger partial charge is 0.253 e. The molecular formula is C25H26ClN3O5S. The van der Waals surface area contributed by atoms with Crippen molar-refractivity contribution in [2.24, 2.45) is 0 Å². The van der Waals surface area contributed by atoms with Crippen molar-refractivity contribution < 1.29 is 23.8 Å². The molecule has 0 spiro atoms. The summed E-state index contributed by atoms with van der Waals surface area (Å²) >= 11 is 7.16. The molecule has 0 bridgehead atoms. The standard InChI is InChI=1S/C25H26ClN3O5S/c1-32-16-25(20(30)15-34-23-10-8-21(26)35-23)24(31)29(12-11-28-25)14-17-3-5-18(6-4-17)19-7-9-22(33-2)27-13-19/h3-10,13,28H,11-12,14-16H2,1-2H3/t25-/m0/s1. The lowest BCUT2D eigenvalue weighted by Gasteiger charge is -2.41. The highest BCUT2D eigenvalue weighted by Crippen LogP contribution is 2.29. The van der Waals surface area contributed by atoms with Gasteiger partial charge in [-0.3, -0.25) is 14.9 Å². The van der Waals surface area contributed by atoms with Crippen LogP contribution in [0.4, 0.5) is 0 Å². The number of nitrogens with one attached hydrogen (secondary N) is 1. The van der Waals surface area contributed by atoms with Crippen molar-refractivity contribution in [2.75, 3.05) is 40.5 Å². The summed E-state index contributed by atoms with van der Waals surface area (Å²) in [6.45, 7) is 0.961. The second-order valence-corrected chi connectivity index (χ2v) is 9.73. The van der Waals surface area contributed by atoms with Crippen LogP contribution in [0.15, 0.2) is 54.7 Å². The van der Waals surface area contributed by atoms with Gasteiger partial charge < -0.3 is 19.1 Å². The van der Waals surface area contributed by atoms with E-state index in [1.54, 1.807) is 30.3 Å². The van der Waals surface area contributed by atoms with E-state index in [0.717, 1.165) is 16.7 Å². The quantitative estimate of drug-likeness (QED) is 0.414. The van der Waals surface area contributed by atoms with Crippen molar-refractivity contribution in [1.82, 2.24) is 15.2 Å². The molecule has 1 aliphatic heterocycles. The number of Topliss-reactive ketones (excluding diaryl/α,β-unsaturated/α-hetero) is 1. The summed E-state index contributed by atoms with van der Waals surface area (Å²) in [7, 11) is 3.05. The summed E-state index contributed by atoms with van der Waals surface area (Å²) in [6, 6.07) is 15.1. The highest BCUT2D eigenvalue weighted by atomic mass is 35.5. The number of benzene rings is 1. The van der Waals surface area contributed by atoms with Gasteiger partial charge in [0.15, 0.2) is 17.2 Å². The summed E-state index contributed by atoms with van der Waals surface area (Å²) in [6.07, 6.45) is 1.75. The second-order valence-electron chi connectivity index (χ2n) is 8.05. The minimum absolute atomic E-state index is 0.0842. The number of nitrogens with zero attached hydrogens (tertiary/aromatic N) is 2. The van der Waals surface area contributed by atoms with Gasteiger partial charge in [-0.1, -0.05) is 47.2 Å². The Morgan fingerprint density at radius 1 is 1.14 bits per heavy atom. The van der Waals surface area contributed by atoms with Gasteiger partial charge in [-0.15, -0.1) is 0 Å². The molecule has 0 saturated carbocycles. The molecule has 0 radical (unpaired) electrons.